The van der Waals surface area contributed by atoms with E-state index in [2.05, 4.69) is 4.72 Å². The molecule has 106 valence electrons. The number of amidine groups is 1. The molecule has 1 rings (SSSR count). The SMILES string of the molecule is N=C(N)CCCCNS(=O)(=O)CC1CCCCC1. The minimum atomic E-state index is -3.12. The van der Waals surface area contributed by atoms with Crippen LogP contribution < -0.4 is 10.5 Å². The molecule has 1 saturated carbocycles. The van der Waals surface area contributed by atoms with Crippen LogP contribution in [0, 0.1) is 11.3 Å². The standard InChI is InChI=1S/C12H25N3O2S/c13-12(14)8-4-5-9-15-18(16,17)10-11-6-2-1-3-7-11/h11,15H,1-10H2,(H3,13,14). The Labute approximate surface area is 110 Å². The Morgan fingerprint density at radius 2 is 1.89 bits per heavy atom. The summed E-state index contributed by atoms with van der Waals surface area (Å²) >= 11 is 0. The second kappa shape index (κ2) is 7.74. The molecule has 4 N–H and O–H groups in total. The van der Waals surface area contributed by atoms with Crippen LogP contribution in [-0.2, 0) is 10.0 Å². The van der Waals surface area contributed by atoms with Crippen LogP contribution in [0.15, 0.2) is 0 Å². The number of unbranched alkanes of at least 4 members (excludes halogenated alkanes) is 1. The second-order valence-corrected chi connectivity index (χ2v) is 7.01. The van der Waals surface area contributed by atoms with Gasteiger partial charge in [-0.25, -0.2) is 13.1 Å². The first-order valence-electron chi connectivity index (χ1n) is 6.80. The minimum Gasteiger partial charge on any atom is -0.388 e. The number of hydrogen-bond acceptors (Lipinski definition) is 3. The summed E-state index contributed by atoms with van der Waals surface area (Å²) in [6.07, 6.45) is 7.72. The molecule has 1 aliphatic carbocycles. The van der Waals surface area contributed by atoms with Gasteiger partial charge in [-0.3, -0.25) is 5.41 Å². The van der Waals surface area contributed by atoms with E-state index >= 15 is 0 Å². The average molecular weight is 275 g/mol. The molecule has 0 unspecified atom stereocenters. The zero-order chi connectivity index (χ0) is 13.4. The van der Waals surface area contributed by atoms with Crippen molar-refractivity contribution >= 4 is 15.9 Å². The third kappa shape index (κ3) is 6.96. The van der Waals surface area contributed by atoms with Gasteiger partial charge in [0.2, 0.25) is 10.0 Å². The van der Waals surface area contributed by atoms with Crippen LogP contribution in [0.3, 0.4) is 0 Å². The number of nitrogens with one attached hydrogen (secondary N) is 2. The Morgan fingerprint density at radius 1 is 1.22 bits per heavy atom. The summed E-state index contributed by atoms with van der Waals surface area (Å²) in [5, 5.41) is 7.06. The summed E-state index contributed by atoms with van der Waals surface area (Å²) in [4.78, 5) is 0. The molecule has 0 aromatic heterocycles. The minimum absolute atomic E-state index is 0.167. The molecule has 6 heteroatoms. The highest BCUT2D eigenvalue weighted by Crippen LogP contribution is 2.24. The Bertz CT molecular complexity index is 348. The summed E-state index contributed by atoms with van der Waals surface area (Å²) < 4.78 is 26.3. The van der Waals surface area contributed by atoms with Crippen molar-refractivity contribution in [3.63, 3.8) is 0 Å². The van der Waals surface area contributed by atoms with Crippen molar-refractivity contribution in [3.05, 3.63) is 0 Å². The molecule has 0 saturated heterocycles. The number of hydrogen-bond donors (Lipinski definition) is 3. The van der Waals surface area contributed by atoms with E-state index in [1.54, 1.807) is 0 Å². The Morgan fingerprint density at radius 3 is 2.50 bits per heavy atom. The van der Waals surface area contributed by atoms with Gasteiger partial charge in [0, 0.05) is 13.0 Å². The van der Waals surface area contributed by atoms with Crippen molar-refractivity contribution in [2.45, 2.75) is 51.4 Å². The monoisotopic (exact) mass is 275 g/mol. The first-order chi connectivity index (χ1) is 8.49. The van der Waals surface area contributed by atoms with Gasteiger partial charge in [-0.15, -0.1) is 0 Å². The largest absolute Gasteiger partial charge is 0.388 e. The van der Waals surface area contributed by atoms with Gasteiger partial charge in [-0.05, 0) is 31.6 Å². The van der Waals surface area contributed by atoms with E-state index in [4.69, 9.17) is 11.1 Å². The molecule has 0 amide bonds. The fourth-order valence-electron chi connectivity index (χ4n) is 2.39. The maximum atomic E-state index is 11.8. The number of rotatable bonds is 8. The lowest BCUT2D eigenvalue weighted by Crippen LogP contribution is -2.31. The lowest BCUT2D eigenvalue weighted by molar-refractivity contribution is 0.384. The summed E-state index contributed by atoms with van der Waals surface area (Å²) in [6, 6.07) is 0. The second-order valence-electron chi connectivity index (χ2n) is 5.16. The van der Waals surface area contributed by atoms with E-state index in [0.29, 0.717) is 18.9 Å². The highest BCUT2D eigenvalue weighted by atomic mass is 32.2. The number of nitrogens with two attached hydrogens (primary N) is 1. The molecule has 0 aromatic carbocycles. The van der Waals surface area contributed by atoms with Crippen LogP contribution in [0.4, 0.5) is 0 Å². The Balaban J connectivity index is 2.16. The van der Waals surface area contributed by atoms with Gasteiger partial charge >= 0.3 is 0 Å². The maximum Gasteiger partial charge on any atom is 0.211 e. The molecular formula is C12H25N3O2S. The van der Waals surface area contributed by atoms with Crippen molar-refractivity contribution in [2.75, 3.05) is 12.3 Å². The quantitative estimate of drug-likeness (QED) is 0.356. The van der Waals surface area contributed by atoms with Crippen LogP contribution in [0.1, 0.15) is 51.4 Å². The Hall–Kier alpha value is -0.620. The molecule has 0 spiro atoms. The average Bonchev–Trinajstić information content (AvgIpc) is 2.28. The lowest BCUT2D eigenvalue weighted by atomic mass is 9.91. The highest BCUT2D eigenvalue weighted by molar-refractivity contribution is 7.89. The molecule has 1 aliphatic rings. The van der Waals surface area contributed by atoms with Gasteiger partial charge in [0.25, 0.3) is 0 Å². The predicted molar refractivity (Wildman–Crippen MR) is 74.1 cm³/mol. The van der Waals surface area contributed by atoms with E-state index in [1.807, 2.05) is 0 Å². The third-order valence-electron chi connectivity index (χ3n) is 3.37. The summed E-state index contributed by atoms with van der Waals surface area (Å²) in [6.45, 7) is 0.461. The van der Waals surface area contributed by atoms with Crippen molar-refractivity contribution in [2.24, 2.45) is 11.7 Å². The normalized spacial score (nSPS) is 17.8. The molecule has 0 atom stereocenters. The fourth-order valence-corrected chi connectivity index (χ4v) is 3.92. The summed E-state index contributed by atoms with van der Waals surface area (Å²) in [7, 11) is -3.12. The topological polar surface area (TPSA) is 96.0 Å². The van der Waals surface area contributed by atoms with E-state index in [9.17, 15) is 8.42 Å². The van der Waals surface area contributed by atoms with E-state index < -0.39 is 10.0 Å². The first-order valence-corrected chi connectivity index (χ1v) is 8.45. The highest BCUT2D eigenvalue weighted by Gasteiger charge is 2.20. The van der Waals surface area contributed by atoms with Crippen LogP contribution in [0.5, 0.6) is 0 Å². The van der Waals surface area contributed by atoms with E-state index in [-0.39, 0.29) is 11.6 Å². The fraction of sp³-hybridized carbons (Fsp3) is 0.917. The van der Waals surface area contributed by atoms with Gasteiger partial charge in [0.05, 0.1) is 11.6 Å². The van der Waals surface area contributed by atoms with Crippen molar-refractivity contribution in [1.82, 2.24) is 4.72 Å². The van der Waals surface area contributed by atoms with Crippen LogP contribution in [-0.4, -0.2) is 26.6 Å². The molecule has 0 radical (unpaired) electrons. The number of sulfonamides is 1. The molecule has 1 fully saturated rings. The molecule has 18 heavy (non-hydrogen) atoms. The van der Waals surface area contributed by atoms with Gasteiger partial charge in [0.1, 0.15) is 0 Å². The van der Waals surface area contributed by atoms with Gasteiger partial charge in [-0.1, -0.05) is 19.3 Å². The van der Waals surface area contributed by atoms with Crippen molar-refractivity contribution in [3.8, 4) is 0 Å². The van der Waals surface area contributed by atoms with Gasteiger partial charge in [0.15, 0.2) is 0 Å². The molecular weight excluding hydrogens is 250 g/mol. The Kier molecular flexibility index (Phi) is 6.63. The molecule has 0 heterocycles. The molecule has 0 aromatic rings. The predicted octanol–water partition coefficient (Wildman–Crippen LogP) is 1.59. The lowest BCUT2D eigenvalue weighted by Gasteiger charge is -2.21. The van der Waals surface area contributed by atoms with E-state index in [1.165, 1.54) is 19.3 Å². The van der Waals surface area contributed by atoms with Crippen molar-refractivity contribution in [1.29, 1.82) is 5.41 Å². The third-order valence-corrected chi connectivity index (χ3v) is 4.93. The van der Waals surface area contributed by atoms with Gasteiger partial charge in [-0.2, -0.15) is 0 Å². The summed E-state index contributed by atoms with van der Waals surface area (Å²) in [5.41, 5.74) is 5.23. The van der Waals surface area contributed by atoms with E-state index in [0.717, 1.165) is 25.7 Å². The van der Waals surface area contributed by atoms with Gasteiger partial charge < -0.3 is 5.73 Å². The molecule has 0 aliphatic heterocycles. The first kappa shape index (κ1) is 15.4. The maximum absolute atomic E-state index is 11.8. The van der Waals surface area contributed by atoms with Crippen LogP contribution in [0.25, 0.3) is 0 Å². The van der Waals surface area contributed by atoms with Crippen LogP contribution >= 0.6 is 0 Å². The molecule has 0 bridgehead atoms. The van der Waals surface area contributed by atoms with Crippen molar-refractivity contribution < 1.29 is 8.42 Å². The summed E-state index contributed by atoms with van der Waals surface area (Å²) in [5.74, 6) is 0.785. The molecule has 5 nitrogen and oxygen atoms in total. The smallest absolute Gasteiger partial charge is 0.211 e. The zero-order valence-corrected chi connectivity index (χ0v) is 11.8. The van der Waals surface area contributed by atoms with Crippen LogP contribution in [0.2, 0.25) is 0 Å². The zero-order valence-electron chi connectivity index (χ0n) is 11.0.